The van der Waals surface area contributed by atoms with E-state index in [-0.39, 0.29) is 0 Å². The van der Waals surface area contributed by atoms with Gasteiger partial charge in [0.25, 0.3) is 0 Å². The summed E-state index contributed by atoms with van der Waals surface area (Å²) in [6.07, 6.45) is 0. The first-order chi connectivity index (χ1) is 17.4. The van der Waals surface area contributed by atoms with Gasteiger partial charge < -0.3 is 19.8 Å². The van der Waals surface area contributed by atoms with Crippen LogP contribution in [0.2, 0.25) is 0 Å². The van der Waals surface area contributed by atoms with Crippen LogP contribution < -0.4 is 0 Å². The summed E-state index contributed by atoms with van der Waals surface area (Å²) < 4.78 is 0. The summed E-state index contributed by atoms with van der Waals surface area (Å²) in [6.45, 7) is 2.12. The molecule has 0 unspecified atom stereocenters. The van der Waals surface area contributed by atoms with Crippen LogP contribution in [0.1, 0.15) is 0 Å². The van der Waals surface area contributed by atoms with Crippen LogP contribution in [0.5, 0.6) is 0 Å². The maximum atomic E-state index is 4.86. The molecule has 5 aromatic rings. The molecule has 2 aromatic heterocycles. The molecule has 0 bridgehead atoms. The van der Waals surface area contributed by atoms with E-state index in [2.05, 4.69) is 109 Å². The summed E-state index contributed by atoms with van der Waals surface area (Å²) >= 11 is 3.73. The summed E-state index contributed by atoms with van der Waals surface area (Å²) in [5.41, 5.74) is 6.24. The summed E-state index contributed by atoms with van der Waals surface area (Å²) in [7, 11) is 8.42. The second-order valence-corrected chi connectivity index (χ2v) is 11.7. The van der Waals surface area contributed by atoms with E-state index in [0.29, 0.717) is 0 Å². The minimum atomic E-state index is 0.885. The van der Waals surface area contributed by atoms with E-state index >= 15 is 0 Å². The summed E-state index contributed by atoms with van der Waals surface area (Å²) in [5.74, 6) is 3.90. The smallest absolute Gasteiger partial charge is 0.138 e. The standard InChI is InChI=1S/C28H32N6S2/c1-33(2)13-15-35-21-9-11-23-25(17-21)31-27(29-23)19-5-7-20(8-6-19)28-30-24-12-10-22(18-26(24)32-28)36-16-14-34(3)4/h5-12,17-18H,13-16H2,1-4H3,(H,29,31)(H,30,32). The quantitative estimate of drug-likeness (QED) is 0.219. The summed E-state index contributed by atoms with van der Waals surface area (Å²) in [4.78, 5) is 23.6. The number of fused-ring (bicyclic) bond motifs is 2. The molecule has 2 N–H and O–H groups in total. The van der Waals surface area contributed by atoms with Crippen molar-refractivity contribution >= 4 is 45.6 Å². The predicted octanol–water partition coefficient (Wildman–Crippen LogP) is 6.08. The summed E-state index contributed by atoms with van der Waals surface area (Å²) in [6, 6.07) is 21.4. The fourth-order valence-electron chi connectivity index (χ4n) is 3.90. The number of rotatable bonds is 10. The number of nitrogens with zero attached hydrogens (tertiary/aromatic N) is 4. The largest absolute Gasteiger partial charge is 0.338 e. The van der Waals surface area contributed by atoms with Crippen LogP contribution in [0, 0.1) is 0 Å². The van der Waals surface area contributed by atoms with Crippen molar-refractivity contribution in [3.8, 4) is 22.8 Å². The predicted molar refractivity (Wildman–Crippen MR) is 155 cm³/mol. The molecule has 36 heavy (non-hydrogen) atoms. The highest BCUT2D eigenvalue weighted by molar-refractivity contribution is 7.99. The highest BCUT2D eigenvalue weighted by Gasteiger charge is 2.10. The van der Waals surface area contributed by atoms with Crippen LogP contribution in [0.15, 0.2) is 70.5 Å². The molecular weight excluding hydrogens is 484 g/mol. The lowest BCUT2D eigenvalue weighted by Crippen LogP contribution is -2.14. The zero-order chi connectivity index (χ0) is 25.1. The molecule has 3 aromatic carbocycles. The Morgan fingerprint density at radius 2 is 1.03 bits per heavy atom. The zero-order valence-corrected chi connectivity index (χ0v) is 22.8. The molecule has 0 aliphatic rings. The number of aromatic amines is 2. The van der Waals surface area contributed by atoms with Crippen LogP contribution in [0.4, 0.5) is 0 Å². The monoisotopic (exact) mass is 516 g/mol. The third-order valence-electron chi connectivity index (χ3n) is 5.96. The number of H-pyrrole nitrogens is 2. The Kier molecular flexibility index (Phi) is 7.67. The maximum Gasteiger partial charge on any atom is 0.138 e. The van der Waals surface area contributed by atoms with Gasteiger partial charge in [-0.3, -0.25) is 0 Å². The van der Waals surface area contributed by atoms with Crippen LogP contribution in [-0.4, -0.2) is 82.5 Å². The topological polar surface area (TPSA) is 63.8 Å². The number of thioether (sulfide) groups is 2. The Bertz CT molecular complexity index is 1340. The minimum Gasteiger partial charge on any atom is -0.338 e. The van der Waals surface area contributed by atoms with Gasteiger partial charge in [0.2, 0.25) is 0 Å². The lowest BCUT2D eigenvalue weighted by molar-refractivity contribution is 0.437. The number of nitrogens with one attached hydrogen (secondary N) is 2. The van der Waals surface area contributed by atoms with E-state index in [4.69, 9.17) is 9.97 Å². The first-order valence-electron chi connectivity index (χ1n) is 12.1. The van der Waals surface area contributed by atoms with Gasteiger partial charge in [-0.05, 0) is 64.6 Å². The third kappa shape index (κ3) is 5.95. The molecular formula is C28H32N6S2. The number of imidazole rings is 2. The highest BCUT2D eigenvalue weighted by Crippen LogP contribution is 2.29. The van der Waals surface area contributed by atoms with E-state index in [0.717, 1.165) is 69.4 Å². The molecule has 0 amide bonds. The van der Waals surface area contributed by atoms with Crippen LogP contribution in [0.25, 0.3) is 44.8 Å². The Morgan fingerprint density at radius 3 is 1.42 bits per heavy atom. The molecule has 0 spiro atoms. The Morgan fingerprint density at radius 1 is 0.611 bits per heavy atom. The second kappa shape index (κ2) is 11.1. The Hall–Kier alpha value is -2.78. The van der Waals surface area contributed by atoms with Gasteiger partial charge in [0.15, 0.2) is 0 Å². The molecule has 6 nitrogen and oxygen atoms in total. The van der Waals surface area contributed by atoms with Crippen molar-refractivity contribution in [2.75, 3.05) is 52.8 Å². The van der Waals surface area contributed by atoms with Crippen molar-refractivity contribution in [2.24, 2.45) is 0 Å². The zero-order valence-electron chi connectivity index (χ0n) is 21.2. The van der Waals surface area contributed by atoms with Crippen LogP contribution in [-0.2, 0) is 0 Å². The normalized spacial score (nSPS) is 11.9. The van der Waals surface area contributed by atoms with E-state index < -0.39 is 0 Å². The van der Waals surface area contributed by atoms with E-state index in [1.807, 2.05) is 23.5 Å². The lowest BCUT2D eigenvalue weighted by Gasteiger charge is -2.08. The first kappa shape index (κ1) is 24.9. The van der Waals surface area contributed by atoms with Gasteiger partial charge in [-0.15, -0.1) is 23.5 Å². The molecule has 186 valence electrons. The maximum absolute atomic E-state index is 4.86. The van der Waals surface area contributed by atoms with Gasteiger partial charge in [-0.1, -0.05) is 24.3 Å². The molecule has 0 fully saturated rings. The fraction of sp³-hybridized carbons (Fsp3) is 0.286. The number of hydrogen-bond acceptors (Lipinski definition) is 6. The van der Waals surface area contributed by atoms with Gasteiger partial charge in [-0.2, -0.15) is 0 Å². The van der Waals surface area contributed by atoms with E-state index in [1.54, 1.807) is 0 Å². The first-order valence-corrected chi connectivity index (χ1v) is 14.1. The van der Waals surface area contributed by atoms with Crippen LogP contribution in [0.3, 0.4) is 0 Å². The van der Waals surface area contributed by atoms with Gasteiger partial charge >= 0.3 is 0 Å². The number of benzene rings is 3. The molecule has 0 radical (unpaired) electrons. The van der Waals surface area contributed by atoms with E-state index in [9.17, 15) is 0 Å². The van der Waals surface area contributed by atoms with Crippen molar-refractivity contribution < 1.29 is 0 Å². The molecule has 5 rings (SSSR count). The number of aromatic nitrogens is 4. The van der Waals surface area contributed by atoms with Gasteiger partial charge in [-0.25, -0.2) is 9.97 Å². The van der Waals surface area contributed by atoms with Crippen molar-refractivity contribution in [3.63, 3.8) is 0 Å². The second-order valence-electron chi connectivity index (χ2n) is 9.41. The SMILES string of the molecule is CN(C)CCSc1ccc2[nH]c(-c3ccc(-c4nc5cc(SCCN(C)C)ccc5[nH]4)cc3)nc2c1. The molecule has 8 heteroatoms. The van der Waals surface area contributed by atoms with Crippen molar-refractivity contribution in [1.82, 2.24) is 29.7 Å². The molecule has 0 saturated carbocycles. The Labute approximate surface area is 220 Å². The number of hydrogen-bond donors (Lipinski definition) is 2. The van der Waals surface area contributed by atoms with Crippen molar-refractivity contribution in [3.05, 3.63) is 60.7 Å². The lowest BCUT2D eigenvalue weighted by atomic mass is 10.1. The summed E-state index contributed by atoms with van der Waals surface area (Å²) in [5, 5.41) is 0. The van der Waals surface area contributed by atoms with Gasteiger partial charge in [0, 0.05) is 45.5 Å². The van der Waals surface area contributed by atoms with Crippen LogP contribution >= 0.6 is 23.5 Å². The molecule has 2 heterocycles. The van der Waals surface area contributed by atoms with Gasteiger partial charge in [0.05, 0.1) is 22.1 Å². The molecule has 0 saturated heterocycles. The van der Waals surface area contributed by atoms with E-state index in [1.165, 1.54) is 9.79 Å². The highest BCUT2D eigenvalue weighted by atomic mass is 32.2. The average molecular weight is 517 g/mol. The van der Waals surface area contributed by atoms with Crippen molar-refractivity contribution in [1.29, 1.82) is 0 Å². The van der Waals surface area contributed by atoms with Crippen molar-refractivity contribution in [2.45, 2.75) is 9.79 Å². The van der Waals surface area contributed by atoms with Gasteiger partial charge in [0.1, 0.15) is 11.6 Å². The molecule has 0 atom stereocenters. The third-order valence-corrected chi connectivity index (χ3v) is 7.90. The molecule has 0 aliphatic carbocycles. The minimum absolute atomic E-state index is 0.885. The fourth-order valence-corrected chi connectivity index (χ4v) is 6.01. The average Bonchev–Trinajstić information content (AvgIpc) is 3.47. The Balaban J connectivity index is 1.30. The molecule has 0 aliphatic heterocycles.